The lowest BCUT2D eigenvalue weighted by Crippen LogP contribution is -2.56. The molecule has 1 aliphatic rings. The Labute approximate surface area is 247 Å². The maximum atomic E-state index is 14.2. The number of ether oxygens (including phenoxy) is 1. The second-order valence-electron chi connectivity index (χ2n) is 10.8. The molecule has 1 saturated heterocycles. The van der Waals surface area contributed by atoms with Crippen LogP contribution in [0.3, 0.4) is 0 Å². The van der Waals surface area contributed by atoms with Crippen LogP contribution in [0, 0.1) is 17.7 Å². The third-order valence-corrected chi connectivity index (χ3v) is 6.79. The first-order valence-corrected chi connectivity index (χ1v) is 14.1. The van der Waals surface area contributed by atoms with E-state index in [0.717, 1.165) is 6.07 Å². The molecule has 1 aliphatic heterocycles. The van der Waals surface area contributed by atoms with Crippen LogP contribution in [0.5, 0.6) is 0 Å². The average Bonchev–Trinajstić information content (AvgIpc) is 3.33. The SMILES string of the molecule is CC(C)CC(NC(=O)C(CCCCN)NC(=O)c1ccccc1F)C(=O)NC(CC1CCNC1=O)C(=O)COC(F)(F)F. The highest BCUT2D eigenvalue weighted by atomic mass is 19.4. The van der Waals surface area contributed by atoms with E-state index in [1.165, 1.54) is 18.2 Å². The third kappa shape index (κ3) is 12.3. The average molecular weight is 618 g/mol. The molecule has 0 bridgehead atoms. The van der Waals surface area contributed by atoms with Crippen LogP contribution in [-0.2, 0) is 23.9 Å². The molecular weight excluding hydrogens is 578 g/mol. The van der Waals surface area contributed by atoms with Gasteiger partial charge in [-0.1, -0.05) is 26.0 Å². The van der Waals surface area contributed by atoms with Crippen LogP contribution in [0.25, 0.3) is 0 Å². The van der Waals surface area contributed by atoms with Crippen molar-refractivity contribution in [2.24, 2.45) is 17.6 Å². The van der Waals surface area contributed by atoms with Crippen molar-refractivity contribution < 1.29 is 46.3 Å². The number of alkyl halides is 3. The van der Waals surface area contributed by atoms with Crippen LogP contribution < -0.4 is 27.0 Å². The minimum absolute atomic E-state index is 0.0677. The van der Waals surface area contributed by atoms with E-state index in [4.69, 9.17) is 5.73 Å². The van der Waals surface area contributed by atoms with Crippen molar-refractivity contribution in [3.63, 3.8) is 0 Å². The Morgan fingerprint density at radius 1 is 1.02 bits per heavy atom. The monoisotopic (exact) mass is 617 g/mol. The van der Waals surface area contributed by atoms with Crippen LogP contribution in [-0.4, -0.2) is 73.6 Å². The van der Waals surface area contributed by atoms with E-state index in [9.17, 15) is 41.5 Å². The van der Waals surface area contributed by atoms with Crippen molar-refractivity contribution in [2.75, 3.05) is 19.7 Å². The number of hydrogen-bond donors (Lipinski definition) is 5. The Bertz CT molecular complexity index is 1130. The molecule has 1 aromatic carbocycles. The van der Waals surface area contributed by atoms with Gasteiger partial charge in [-0.2, -0.15) is 0 Å². The lowest BCUT2D eigenvalue weighted by Gasteiger charge is -2.27. The lowest BCUT2D eigenvalue weighted by molar-refractivity contribution is -0.321. The molecule has 0 saturated carbocycles. The number of halogens is 4. The number of rotatable bonds is 17. The number of nitrogens with two attached hydrogens (primary N) is 1. The number of nitrogens with one attached hydrogen (secondary N) is 4. The van der Waals surface area contributed by atoms with Crippen molar-refractivity contribution in [2.45, 2.75) is 76.9 Å². The number of benzene rings is 1. The molecule has 1 aromatic rings. The van der Waals surface area contributed by atoms with Crippen molar-refractivity contribution in [3.8, 4) is 0 Å². The Balaban J connectivity index is 2.23. The maximum absolute atomic E-state index is 14.2. The number of unbranched alkanes of at least 4 members (excludes halogenated alkanes) is 1. The highest BCUT2D eigenvalue weighted by molar-refractivity contribution is 5.99. The van der Waals surface area contributed by atoms with E-state index >= 15 is 0 Å². The van der Waals surface area contributed by atoms with Crippen molar-refractivity contribution in [1.82, 2.24) is 21.3 Å². The second kappa shape index (κ2) is 16.9. The molecule has 1 fully saturated rings. The standard InChI is InChI=1S/C28H39F4N5O6/c1-16(2)13-22(27(42)36-21(14-17-10-12-34-24(17)39)23(38)15-43-28(30,31)32)37-26(41)20(9-5-6-11-33)35-25(40)18-7-3-4-8-19(18)29/h3-4,7-8,16-17,20-22H,5-6,9-15,33H2,1-2H3,(H,34,39)(H,35,40)(H,36,42)(H,37,41). The minimum atomic E-state index is -5.09. The summed E-state index contributed by atoms with van der Waals surface area (Å²) >= 11 is 0. The van der Waals surface area contributed by atoms with E-state index in [-0.39, 0.29) is 30.7 Å². The molecular formula is C28H39F4N5O6. The normalized spacial score (nSPS) is 17.1. The van der Waals surface area contributed by atoms with Crippen LogP contribution in [0.1, 0.15) is 62.7 Å². The fourth-order valence-electron chi connectivity index (χ4n) is 4.57. The Hall–Kier alpha value is -3.59. The summed E-state index contributed by atoms with van der Waals surface area (Å²) in [5.41, 5.74) is 5.26. The van der Waals surface area contributed by atoms with Gasteiger partial charge in [0, 0.05) is 12.5 Å². The Kier molecular flexibility index (Phi) is 14.0. The Morgan fingerprint density at radius 3 is 2.26 bits per heavy atom. The summed E-state index contributed by atoms with van der Waals surface area (Å²) in [6.45, 7) is 2.77. The van der Waals surface area contributed by atoms with Crippen LogP contribution in [0.2, 0.25) is 0 Å². The highest BCUT2D eigenvalue weighted by Gasteiger charge is 2.36. The highest BCUT2D eigenvalue weighted by Crippen LogP contribution is 2.20. The lowest BCUT2D eigenvalue weighted by atomic mass is 9.95. The van der Waals surface area contributed by atoms with E-state index in [1.807, 2.05) is 0 Å². The fraction of sp³-hybridized carbons (Fsp3) is 0.607. The molecule has 4 amide bonds. The molecule has 2 rings (SSSR count). The summed E-state index contributed by atoms with van der Waals surface area (Å²) in [5, 5.41) is 10.0. The van der Waals surface area contributed by atoms with Gasteiger partial charge in [-0.05, 0) is 63.1 Å². The van der Waals surface area contributed by atoms with Crippen LogP contribution in [0.4, 0.5) is 17.6 Å². The van der Waals surface area contributed by atoms with Crippen LogP contribution in [0.15, 0.2) is 24.3 Å². The van der Waals surface area contributed by atoms with E-state index in [1.54, 1.807) is 13.8 Å². The van der Waals surface area contributed by atoms with Crippen molar-refractivity contribution in [1.29, 1.82) is 0 Å². The molecule has 0 aliphatic carbocycles. The minimum Gasteiger partial charge on any atom is -0.356 e. The molecule has 4 atom stereocenters. The first-order chi connectivity index (χ1) is 20.2. The molecule has 0 spiro atoms. The zero-order valence-electron chi connectivity index (χ0n) is 24.1. The number of carbonyl (C=O) groups is 5. The van der Waals surface area contributed by atoms with Crippen molar-refractivity contribution in [3.05, 3.63) is 35.6 Å². The summed E-state index contributed by atoms with van der Waals surface area (Å²) in [6.07, 6.45) is -3.91. The van der Waals surface area contributed by atoms with Gasteiger partial charge in [0.05, 0.1) is 11.6 Å². The van der Waals surface area contributed by atoms with E-state index < -0.39 is 72.2 Å². The first-order valence-electron chi connectivity index (χ1n) is 14.1. The van der Waals surface area contributed by atoms with Gasteiger partial charge >= 0.3 is 6.36 Å². The molecule has 0 radical (unpaired) electrons. The molecule has 4 unspecified atom stereocenters. The summed E-state index contributed by atoms with van der Waals surface area (Å²) in [7, 11) is 0. The predicted octanol–water partition coefficient (Wildman–Crippen LogP) is 1.70. The smallest absolute Gasteiger partial charge is 0.356 e. The van der Waals surface area contributed by atoms with E-state index in [0.29, 0.717) is 32.4 Å². The van der Waals surface area contributed by atoms with Gasteiger partial charge in [-0.3, -0.25) is 28.7 Å². The van der Waals surface area contributed by atoms with Gasteiger partial charge in [0.15, 0.2) is 5.78 Å². The second-order valence-corrected chi connectivity index (χ2v) is 10.8. The third-order valence-electron chi connectivity index (χ3n) is 6.79. The topological polar surface area (TPSA) is 169 Å². The molecule has 240 valence electrons. The van der Waals surface area contributed by atoms with Crippen LogP contribution >= 0.6 is 0 Å². The maximum Gasteiger partial charge on any atom is 0.522 e. The Morgan fingerprint density at radius 2 is 1.67 bits per heavy atom. The summed E-state index contributed by atoms with van der Waals surface area (Å²) in [4.78, 5) is 64.2. The first kappa shape index (κ1) is 35.6. The summed E-state index contributed by atoms with van der Waals surface area (Å²) < 4.78 is 55.6. The summed E-state index contributed by atoms with van der Waals surface area (Å²) in [6, 6.07) is 1.26. The van der Waals surface area contributed by atoms with Gasteiger partial charge < -0.3 is 27.0 Å². The molecule has 1 heterocycles. The predicted molar refractivity (Wildman–Crippen MR) is 147 cm³/mol. The summed E-state index contributed by atoms with van der Waals surface area (Å²) in [5.74, 6) is -5.66. The van der Waals surface area contributed by atoms with Gasteiger partial charge in [0.1, 0.15) is 24.5 Å². The molecule has 6 N–H and O–H groups in total. The fourth-order valence-corrected chi connectivity index (χ4v) is 4.57. The van der Waals surface area contributed by atoms with Gasteiger partial charge in [0.25, 0.3) is 5.91 Å². The molecule has 0 aromatic heterocycles. The quantitative estimate of drug-likeness (QED) is 0.131. The molecule has 11 nitrogen and oxygen atoms in total. The van der Waals surface area contributed by atoms with Crippen molar-refractivity contribution >= 4 is 29.4 Å². The van der Waals surface area contributed by atoms with E-state index in [2.05, 4.69) is 26.0 Å². The number of amides is 4. The number of hydrogen-bond acceptors (Lipinski definition) is 7. The number of ketones is 1. The molecule has 15 heteroatoms. The zero-order chi connectivity index (χ0) is 32.2. The van der Waals surface area contributed by atoms with Gasteiger partial charge in [-0.25, -0.2) is 4.39 Å². The zero-order valence-corrected chi connectivity index (χ0v) is 24.1. The largest absolute Gasteiger partial charge is 0.522 e. The van der Waals surface area contributed by atoms with Gasteiger partial charge in [0.2, 0.25) is 17.7 Å². The molecule has 43 heavy (non-hydrogen) atoms. The van der Waals surface area contributed by atoms with Gasteiger partial charge in [-0.15, -0.1) is 13.2 Å². The number of carbonyl (C=O) groups excluding carboxylic acids is 5. The number of Topliss-reactive ketones (excluding diaryl/α,β-unsaturated/α-hetero) is 1.